The molecule has 0 unspecified atom stereocenters. The molecule has 260 valence electrons. The van der Waals surface area contributed by atoms with Crippen molar-refractivity contribution in [2.45, 2.75) is 74.4 Å². The van der Waals surface area contributed by atoms with Gasteiger partial charge in [0.15, 0.2) is 44.6 Å². The summed E-state index contributed by atoms with van der Waals surface area (Å²) in [4.78, 5) is 36.3. The number of carboxylic acid groups (broad SMARTS) is 1. The van der Waals surface area contributed by atoms with E-state index in [1.807, 2.05) is 0 Å². The minimum absolute atomic E-state index is 0.250. The van der Waals surface area contributed by atoms with Crippen molar-refractivity contribution in [3.8, 4) is 0 Å². The zero-order chi connectivity index (χ0) is 35.4. The third-order valence-electron chi connectivity index (χ3n) is 6.92. The average molecular weight is 713 g/mol. The molecule has 2 amide bonds. The maximum Gasteiger partial charge on any atom is 0.321 e. The molecule has 2 aliphatic rings. The first-order valence-electron chi connectivity index (χ1n) is 13.5. The van der Waals surface area contributed by atoms with Gasteiger partial charge < -0.3 is 20.0 Å². The first kappa shape index (κ1) is 43.9. The minimum Gasteiger partial charge on any atom is -0.512 e. The van der Waals surface area contributed by atoms with Gasteiger partial charge in [-0.05, 0) is 53.4 Å². The third kappa shape index (κ3) is 16.7. The molecule has 2 rings (SSSR count). The predicted molar refractivity (Wildman–Crippen MR) is 168 cm³/mol. The Morgan fingerprint density at radius 3 is 0.864 bits per heavy atom. The summed E-state index contributed by atoms with van der Waals surface area (Å²) in [5.74, 6) is -2.12. The number of nitrogens with zero attached hydrogens (tertiary/aromatic N) is 2. The third-order valence-corrected chi connectivity index (χ3v) is 12.9. The van der Waals surface area contributed by atoms with Crippen molar-refractivity contribution in [3.05, 3.63) is 12.3 Å². The van der Waals surface area contributed by atoms with Crippen molar-refractivity contribution < 1.29 is 58.3 Å². The summed E-state index contributed by atoms with van der Waals surface area (Å²) in [7, 11) is -13.0. The molecule has 44 heavy (non-hydrogen) atoms. The normalized spacial score (nSPS) is 18.1. The van der Waals surface area contributed by atoms with E-state index in [1.165, 1.54) is 20.8 Å². The van der Waals surface area contributed by atoms with Crippen LogP contribution in [-0.4, -0.2) is 144 Å². The molecule has 4 atom stereocenters. The largest absolute Gasteiger partial charge is 0.512 e. The molecule has 0 aromatic heterocycles. The van der Waals surface area contributed by atoms with Crippen molar-refractivity contribution in [1.82, 2.24) is 9.80 Å². The lowest BCUT2D eigenvalue weighted by Gasteiger charge is -2.18. The van der Waals surface area contributed by atoms with E-state index in [0.29, 0.717) is 26.2 Å². The van der Waals surface area contributed by atoms with Crippen LogP contribution in [0.5, 0.6) is 0 Å². The molecule has 2 saturated heterocycles. The standard InChI is InChI=1S/2C8H15NO3S.C5H10O3S.C4H8O4S/c2*1-7(13(2,11)12)8(10)9-5-3-4-6-9;1-4(6)5(2)9(3,7)8;1-3(4(5)6)9(2,7)8/h2*7H,3-6H2,1-2H3;5-6H,1H2,2-3H3;3H,1-2H3,(H,5,6)/t2*7-;5-;3-/m1001/s1. The molecular formula is C25H48N2O13S4. The Morgan fingerprint density at radius 2 is 0.750 bits per heavy atom. The van der Waals surface area contributed by atoms with Gasteiger partial charge in [0.2, 0.25) is 11.8 Å². The van der Waals surface area contributed by atoms with E-state index in [9.17, 15) is 48.1 Å². The summed E-state index contributed by atoms with van der Waals surface area (Å²) in [6, 6.07) is 0. The molecule has 19 heteroatoms. The van der Waals surface area contributed by atoms with Crippen molar-refractivity contribution in [2.75, 3.05) is 51.2 Å². The predicted octanol–water partition coefficient (Wildman–Crippen LogP) is 0.0791. The molecule has 0 saturated carbocycles. The number of aliphatic hydroxyl groups excluding tert-OH is 1. The molecule has 2 N–H and O–H groups in total. The Bertz CT molecular complexity index is 1320. The molecule has 0 aromatic carbocycles. The van der Waals surface area contributed by atoms with E-state index in [0.717, 1.165) is 57.6 Å². The monoisotopic (exact) mass is 712 g/mol. The van der Waals surface area contributed by atoms with Gasteiger partial charge in [0.25, 0.3) is 0 Å². The van der Waals surface area contributed by atoms with Gasteiger partial charge >= 0.3 is 5.97 Å². The topological polar surface area (TPSA) is 235 Å². The summed E-state index contributed by atoms with van der Waals surface area (Å²) >= 11 is 0. The Hall–Kier alpha value is -2.25. The molecule has 15 nitrogen and oxygen atoms in total. The number of likely N-dealkylation sites (tertiary alicyclic amines) is 2. The highest BCUT2D eigenvalue weighted by Gasteiger charge is 2.30. The number of rotatable bonds is 8. The molecule has 2 aliphatic heterocycles. The SMILES string of the molecule is C=C(O)[C@H](C)S(C)(=O)=O.C[C@@H](C(=O)N1CCCC1)S(C)(=O)=O.C[C@H](C(=O)N1CCCC1)S(C)(=O)=O.C[C@H](C(=O)O)S(C)(=O)=O. The van der Waals surface area contributed by atoms with Crippen LogP contribution in [-0.2, 0) is 53.7 Å². The van der Waals surface area contributed by atoms with Gasteiger partial charge in [-0.15, -0.1) is 0 Å². The van der Waals surface area contributed by atoms with Gasteiger partial charge in [-0.1, -0.05) is 6.58 Å². The van der Waals surface area contributed by atoms with Gasteiger partial charge in [0.05, 0.1) is 0 Å². The molecule has 2 fully saturated rings. The zero-order valence-corrected chi connectivity index (χ0v) is 29.9. The van der Waals surface area contributed by atoms with E-state index in [-0.39, 0.29) is 17.6 Å². The van der Waals surface area contributed by atoms with Crippen LogP contribution >= 0.6 is 0 Å². The Balaban J connectivity index is 0. The summed E-state index contributed by atoms with van der Waals surface area (Å²) < 4.78 is 86.2. The fraction of sp³-hybridized carbons (Fsp3) is 0.800. The van der Waals surface area contributed by atoms with E-state index in [2.05, 4.69) is 6.58 Å². The van der Waals surface area contributed by atoms with Crippen LogP contribution in [0.1, 0.15) is 53.4 Å². The number of hydrogen-bond acceptors (Lipinski definition) is 12. The van der Waals surface area contributed by atoms with E-state index in [4.69, 9.17) is 10.2 Å². The number of hydrogen-bond donors (Lipinski definition) is 2. The summed E-state index contributed by atoms with van der Waals surface area (Å²) in [5, 5.41) is 12.8. The maximum absolute atomic E-state index is 11.5. The highest BCUT2D eigenvalue weighted by atomic mass is 32.2. The first-order valence-corrected chi connectivity index (χ1v) is 21.3. The van der Waals surface area contributed by atoms with E-state index < -0.39 is 66.3 Å². The fourth-order valence-electron chi connectivity index (χ4n) is 3.19. The van der Waals surface area contributed by atoms with Crippen molar-refractivity contribution in [3.63, 3.8) is 0 Å². The molecule has 2 heterocycles. The fourth-order valence-corrected chi connectivity index (χ4v) is 5.08. The van der Waals surface area contributed by atoms with Crippen LogP contribution in [0.25, 0.3) is 0 Å². The molecule has 0 bridgehead atoms. The number of carboxylic acids is 1. The van der Waals surface area contributed by atoms with Gasteiger partial charge in [-0.2, -0.15) is 0 Å². The Kier molecular flexibility index (Phi) is 18.0. The number of aliphatic hydroxyl groups is 1. The number of carbonyl (C=O) groups excluding carboxylic acids is 2. The van der Waals surface area contributed by atoms with Gasteiger partial charge in [0.1, 0.15) is 21.5 Å². The van der Waals surface area contributed by atoms with Crippen LogP contribution in [0.2, 0.25) is 0 Å². The molecule has 0 spiro atoms. The number of amides is 2. The number of carbonyl (C=O) groups is 3. The average Bonchev–Trinajstić information content (AvgIpc) is 3.59. The van der Waals surface area contributed by atoms with E-state index in [1.54, 1.807) is 9.80 Å². The quantitative estimate of drug-likeness (QED) is 0.318. The zero-order valence-electron chi connectivity index (χ0n) is 26.6. The molecule has 0 aromatic rings. The van der Waals surface area contributed by atoms with Crippen LogP contribution in [0.4, 0.5) is 0 Å². The van der Waals surface area contributed by atoms with Crippen molar-refractivity contribution in [1.29, 1.82) is 0 Å². The van der Waals surface area contributed by atoms with Crippen LogP contribution in [0, 0.1) is 0 Å². The van der Waals surface area contributed by atoms with Crippen LogP contribution in [0.3, 0.4) is 0 Å². The van der Waals surface area contributed by atoms with Crippen molar-refractivity contribution >= 4 is 57.1 Å². The van der Waals surface area contributed by atoms with E-state index >= 15 is 0 Å². The lowest BCUT2D eigenvalue weighted by atomic mass is 10.4. The summed E-state index contributed by atoms with van der Waals surface area (Å²) in [6.45, 7) is 11.4. The second kappa shape index (κ2) is 18.0. The lowest BCUT2D eigenvalue weighted by molar-refractivity contribution is -0.136. The lowest BCUT2D eigenvalue weighted by Crippen LogP contribution is -2.39. The van der Waals surface area contributed by atoms with Crippen LogP contribution < -0.4 is 0 Å². The van der Waals surface area contributed by atoms with Crippen LogP contribution in [0.15, 0.2) is 12.3 Å². The maximum atomic E-state index is 11.5. The molecular weight excluding hydrogens is 665 g/mol. The first-order chi connectivity index (χ1) is 19.6. The highest BCUT2D eigenvalue weighted by molar-refractivity contribution is 7.92. The Labute approximate surface area is 262 Å². The number of sulfone groups is 4. The molecule has 0 aliphatic carbocycles. The summed E-state index contributed by atoms with van der Waals surface area (Å²) in [5.41, 5.74) is 0. The second-order valence-corrected chi connectivity index (χ2v) is 20.2. The molecule has 0 radical (unpaired) electrons. The van der Waals surface area contributed by atoms with Crippen molar-refractivity contribution in [2.24, 2.45) is 0 Å². The second-order valence-electron chi connectivity index (χ2n) is 10.8. The minimum atomic E-state index is -3.40. The highest BCUT2D eigenvalue weighted by Crippen LogP contribution is 2.13. The number of aliphatic carboxylic acids is 1. The summed E-state index contributed by atoms with van der Waals surface area (Å²) in [6.07, 6.45) is 8.11. The Morgan fingerprint density at radius 1 is 0.523 bits per heavy atom. The smallest absolute Gasteiger partial charge is 0.321 e. The van der Waals surface area contributed by atoms with Gasteiger partial charge in [-0.3, -0.25) is 14.4 Å². The van der Waals surface area contributed by atoms with Gasteiger partial charge in [0, 0.05) is 51.2 Å². The van der Waals surface area contributed by atoms with Gasteiger partial charge in [-0.25, -0.2) is 33.7 Å².